The molecule has 1 aliphatic rings. The Morgan fingerprint density at radius 1 is 1.25 bits per heavy atom. The van der Waals surface area contributed by atoms with Gasteiger partial charge in [-0.15, -0.1) is 11.3 Å². The van der Waals surface area contributed by atoms with Gasteiger partial charge in [0.2, 0.25) is 0 Å². The van der Waals surface area contributed by atoms with Gasteiger partial charge in [0.1, 0.15) is 27.1 Å². The van der Waals surface area contributed by atoms with Gasteiger partial charge in [-0.25, -0.2) is 14.8 Å². The highest BCUT2D eigenvalue weighted by Crippen LogP contribution is 2.37. The smallest absolute Gasteiger partial charge is 0.348 e. The summed E-state index contributed by atoms with van der Waals surface area (Å²) in [7, 11) is 3.98. The largest absolute Gasteiger partial charge is 0.508 e. The monoisotopic (exact) mass is 452 g/mol. The number of esters is 1. The molecule has 1 aromatic carbocycles. The quantitative estimate of drug-likeness (QED) is 0.561. The third-order valence-corrected chi connectivity index (χ3v) is 6.65. The normalized spacial score (nSPS) is 14.2. The Hall–Kier alpha value is -2.97. The SMILES string of the molecule is CCOC(=O)c1sc2nc(CN(C)C)nc(N3CC=C(c4ccc(O)cc4)CC3)c2c1C. The highest BCUT2D eigenvalue weighted by Gasteiger charge is 2.25. The van der Waals surface area contributed by atoms with Crippen molar-refractivity contribution in [3.8, 4) is 5.75 Å². The Labute approximate surface area is 192 Å². The van der Waals surface area contributed by atoms with E-state index in [1.807, 2.05) is 45.0 Å². The van der Waals surface area contributed by atoms with Crippen molar-refractivity contribution in [1.82, 2.24) is 14.9 Å². The number of aromatic nitrogens is 2. The number of hydrogen-bond acceptors (Lipinski definition) is 8. The second-order valence-electron chi connectivity index (χ2n) is 8.13. The van der Waals surface area contributed by atoms with Crippen molar-refractivity contribution < 1.29 is 14.6 Å². The van der Waals surface area contributed by atoms with Gasteiger partial charge in [-0.1, -0.05) is 18.2 Å². The van der Waals surface area contributed by atoms with E-state index in [0.717, 1.165) is 46.0 Å². The first-order valence-electron chi connectivity index (χ1n) is 10.7. The summed E-state index contributed by atoms with van der Waals surface area (Å²) in [5.41, 5.74) is 3.26. The summed E-state index contributed by atoms with van der Waals surface area (Å²) in [4.78, 5) is 27.9. The van der Waals surface area contributed by atoms with Crippen molar-refractivity contribution in [1.29, 1.82) is 0 Å². The van der Waals surface area contributed by atoms with Crippen LogP contribution in [0, 0.1) is 6.92 Å². The number of phenols is 1. The van der Waals surface area contributed by atoms with Gasteiger partial charge in [0, 0.05) is 13.1 Å². The van der Waals surface area contributed by atoms with Gasteiger partial charge in [0.05, 0.1) is 18.5 Å². The molecule has 3 heterocycles. The Morgan fingerprint density at radius 2 is 2.00 bits per heavy atom. The minimum atomic E-state index is -0.304. The second kappa shape index (κ2) is 9.26. The number of carbonyl (C=O) groups is 1. The Bertz CT molecular complexity index is 1170. The number of rotatable bonds is 6. The molecular weight excluding hydrogens is 424 g/mol. The maximum Gasteiger partial charge on any atom is 0.348 e. The highest BCUT2D eigenvalue weighted by atomic mass is 32.1. The van der Waals surface area contributed by atoms with Crippen molar-refractivity contribution in [3.63, 3.8) is 0 Å². The van der Waals surface area contributed by atoms with Crippen LogP contribution in [0.3, 0.4) is 0 Å². The van der Waals surface area contributed by atoms with Crippen molar-refractivity contribution in [2.24, 2.45) is 0 Å². The van der Waals surface area contributed by atoms with Gasteiger partial charge in [-0.05, 0) is 63.2 Å². The van der Waals surface area contributed by atoms with Gasteiger partial charge in [0.25, 0.3) is 0 Å². The van der Waals surface area contributed by atoms with E-state index >= 15 is 0 Å². The molecule has 8 heteroatoms. The first kappa shape index (κ1) is 22.2. The maximum absolute atomic E-state index is 12.5. The summed E-state index contributed by atoms with van der Waals surface area (Å²) in [5.74, 6) is 1.58. The van der Waals surface area contributed by atoms with Crippen molar-refractivity contribution in [2.45, 2.75) is 26.8 Å². The fraction of sp³-hybridized carbons (Fsp3) is 0.375. The van der Waals surface area contributed by atoms with Crippen LogP contribution in [0.25, 0.3) is 15.8 Å². The molecule has 0 atom stereocenters. The molecule has 168 valence electrons. The van der Waals surface area contributed by atoms with E-state index < -0.39 is 0 Å². The van der Waals surface area contributed by atoms with Crippen molar-refractivity contribution >= 4 is 38.9 Å². The number of ether oxygens (including phenoxy) is 1. The third-order valence-electron chi connectivity index (χ3n) is 5.48. The first-order valence-corrected chi connectivity index (χ1v) is 11.5. The predicted octanol–water partition coefficient (Wildman–Crippen LogP) is 4.24. The van der Waals surface area contributed by atoms with Crippen molar-refractivity contribution in [2.75, 3.05) is 38.7 Å². The summed E-state index contributed by atoms with van der Waals surface area (Å²) in [6, 6.07) is 7.33. The second-order valence-corrected chi connectivity index (χ2v) is 9.13. The zero-order valence-electron chi connectivity index (χ0n) is 18.9. The molecule has 0 unspecified atom stereocenters. The number of phenolic OH excluding ortho intramolecular Hbond substituents is 1. The van der Waals surface area contributed by atoms with Crippen LogP contribution in [0.15, 0.2) is 30.3 Å². The van der Waals surface area contributed by atoms with Crippen LogP contribution in [-0.4, -0.2) is 59.7 Å². The third kappa shape index (κ3) is 4.47. The molecule has 1 aliphatic heterocycles. The number of anilines is 1. The topological polar surface area (TPSA) is 78.8 Å². The molecule has 0 bridgehead atoms. The number of aromatic hydroxyl groups is 1. The Morgan fingerprint density at radius 3 is 2.62 bits per heavy atom. The molecule has 0 fully saturated rings. The lowest BCUT2D eigenvalue weighted by atomic mass is 9.99. The fourth-order valence-corrected chi connectivity index (χ4v) is 5.02. The zero-order valence-corrected chi connectivity index (χ0v) is 19.7. The molecule has 0 saturated heterocycles. The number of nitrogens with zero attached hydrogens (tertiary/aromatic N) is 4. The summed E-state index contributed by atoms with van der Waals surface area (Å²) in [6.07, 6.45) is 3.08. The summed E-state index contributed by atoms with van der Waals surface area (Å²) < 4.78 is 5.26. The molecule has 1 N–H and O–H groups in total. The lowest BCUT2D eigenvalue weighted by Crippen LogP contribution is -2.30. The van der Waals surface area contributed by atoms with E-state index in [2.05, 4.69) is 11.0 Å². The number of benzene rings is 1. The standard InChI is InChI=1S/C24H28N4O3S/c1-5-31-24(30)21-15(2)20-22(25-19(14-27(3)4)26-23(20)32-21)28-12-10-17(11-13-28)16-6-8-18(29)9-7-16/h6-10,29H,5,11-14H2,1-4H3. The minimum absolute atomic E-state index is 0.272. The minimum Gasteiger partial charge on any atom is -0.508 e. The van der Waals surface area contributed by atoms with Crippen molar-refractivity contribution in [3.05, 3.63) is 52.2 Å². The lowest BCUT2D eigenvalue weighted by molar-refractivity contribution is 0.0531. The molecule has 4 rings (SSSR count). The molecule has 32 heavy (non-hydrogen) atoms. The zero-order chi connectivity index (χ0) is 22.8. The predicted molar refractivity (Wildman–Crippen MR) is 128 cm³/mol. The summed E-state index contributed by atoms with van der Waals surface area (Å²) in [6.45, 7) is 6.25. The van der Waals surface area contributed by atoms with E-state index in [-0.39, 0.29) is 11.7 Å². The van der Waals surface area contributed by atoms with Gasteiger partial charge in [-0.3, -0.25) is 0 Å². The molecule has 0 aliphatic carbocycles. The molecule has 0 spiro atoms. The van der Waals surface area contributed by atoms with Gasteiger partial charge >= 0.3 is 5.97 Å². The number of hydrogen-bond donors (Lipinski definition) is 1. The molecular formula is C24H28N4O3S. The van der Waals surface area contributed by atoms with Gasteiger partial charge < -0.3 is 19.6 Å². The average Bonchev–Trinajstić information content (AvgIpc) is 3.10. The van der Waals surface area contributed by atoms with Crippen LogP contribution in [-0.2, 0) is 11.3 Å². The maximum atomic E-state index is 12.5. The molecule has 2 aromatic heterocycles. The molecule has 0 amide bonds. The summed E-state index contributed by atoms with van der Waals surface area (Å²) in [5, 5.41) is 10.5. The van der Waals surface area contributed by atoms with Crippen LogP contribution < -0.4 is 4.90 Å². The van der Waals surface area contributed by atoms with Crippen LogP contribution in [0.1, 0.15) is 40.0 Å². The number of carbonyl (C=O) groups excluding carboxylic acids is 1. The van der Waals surface area contributed by atoms with E-state index in [1.165, 1.54) is 16.9 Å². The number of thiophene rings is 1. The van der Waals surface area contributed by atoms with Crippen LogP contribution in [0.4, 0.5) is 5.82 Å². The van der Waals surface area contributed by atoms with Crippen LogP contribution in [0.2, 0.25) is 0 Å². The van der Waals surface area contributed by atoms with Gasteiger partial charge in [0.15, 0.2) is 0 Å². The van der Waals surface area contributed by atoms with Crippen LogP contribution in [0.5, 0.6) is 5.75 Å². The van der Waals surface area contributed by atoms with Gasteiger partial charge in [-0.2, -0.15) is 0 Å². The summed E-state index contributed by atoms with van der Waals surface area (Å²) >= 11 is 1.38. The van der Waals surface area contributed by atoms with Crippen LogP contribution >= 0.6 is 11.3 Å². The Kier molecular flexibility index (Phi) is 6.43. The van der Waals surface area contributed by atoms with E-state index in [4.69, 9.17) is 14.7 Å². The molecule has 0 saturated carbocycles. The molecule has 7 nitrogen and oxygen atoms in total. The highest BCUT2D eigenvalue weighted by molar-refractivity contribution is 7.20. The number of fused-ring (bicyclic) bond motifs is 1. The fourth-order valence-electron chi connectivity index (χ4n) is 3.93. The lowest BCUT2D eigenvalue weighted by Gasteiger charge is -2.29. The average molecular weight is 453 g/mol. The molecule has 0 radical (unpaired) electrons. The first-order chi connectivity index (χ1) is 15.4. The Balaban J connectivity index is 1.73. The van der Waals surface area contributed by atoms with E-state index in [9.17, 15) is 9.90 Å². The number of aryl methyl sites for hydroxylation is 1. The molecule has 3 aromatic rings. The van der Waals surface area contributed by atoms with E-state index in [1.54, 1.807) is 12.1 Å². The van der Waals surface area contributed by atoms with E-state index in [0.29, 0.717) is 24.6 Å².